The highest BCUT2D eigenvalue weighted by Crippen LogP contribution is 2.32. The first-order chi connectivity index (χ1) is 17.7. The standard InChI is InChI=1S/C29H37Cl2N3O2S/c1-19(2)14-26(28(35)11-9-20-8-10-24(30)25(31)15-20)33-13-12-22(18-37-23-6-4-3-5-7-23)34-17-21(32)16-27(34)29(33)36/h3-8,10,15,19,21-22,26-27H,9,11-14,16-18,32H2,1-2H3/t21-,22?,26-,27+/m1/s1. The van der Waals surface area contributed by atoms with Gasteiger partial charge in [-0.05, 0) is 61.4 Å². The molecular weight excluding hydrogens is 525 g/mol. The van der Waals surface area contributed by atoms with Crippen LogP contribution in [0.3, 0.4) is 0 Å². The Bertz CT molecular complexity index is 1080. The van der Waals surface area contributed by atoms with E-state index < -0.39 is 6.04 Å². The van der Waals surface area contributed by atoms with E-state index in [0.29, 0.717) is 48.2 Å². The van der Waals surface area contributed by atoms with Crippen molar-refractivity contribution in [2.24, 2.45) is 11.7 Å². The van der Waals surface area contributed by atoms with Crippen LogP contribution < -0.4 is 5.73 Å². The molecule has 2 aliphatic rings. The minimum absolute atomic E-state index is 0.0213. The minimum atomic E-state index is -0.422. The molecule has 4 rings (SSSR count). The molecule has 2 saturated heterocycles. The van der Waals surface area contributed by atoms with Crippen LogP contribution in [-0.2, 0) is 16.0 Å². The Morgan fingerprint density at radius 3 is 2.59 bits per heavy atom. The van der Waals surface area contributed by atoms with Gasteiger partial charge in [0, 0.05) is 42.2 Å². The largest absolute Gasteiger partial charge is 0.331 e. The van der Waals surface area contributed by atoms with Gasteiger partial charge in [0.25, 0.3) is 0 Å². The summed E-state index contributed by atoms with van der Waals surface area (Å²) < 4.78 is 0. The van der Waals surface area contributed by atoms with Crippen molar-refractivity contribution in [3.05, 3.63) is 64.1 Å². The van der Waals surface area contributed by atoms with E-state index in [1.54, 1.807) is 6.07 Å². The van der Waals surface area contributed by atoms with Gasteiger partial charge in [-0.3, -0.25) is 14.5 Å². The molecule has 0 bridgehead atoms. The molecule has 0 saturated carbocycles. The van der Waals surface area contributed by atoms with E-state index in [1.165, 1.54) is 4.90 Å². The average Bonchev–Trinajstić information content (AvgIpc) is 3.22. The molecule has 2 aliphatic heterocycles. The summed E-state index contributed by atoms with van der Waals surface area (Å²) in [6.45, 7) is 5.54. The van der Waals surface area contributed by atoms with Crippen LogP contribution in [0.4, 0.5) is 0 Å². The lowest BCUT2D eigenvalue weighted by atomic mass is 9.94. The van der Waals surface area contributed by atoms with E-state index in [2.05, 4.69) is 43.0 Å². The average molecular weight is 563 g/mol. The summed E-state index contributed by atoms with van der Waals surface area (Å²) in [5, 5.41) is 0.994. The monoisotopic (exact) mass is 561 g/mol. The van der Waals surface area contributed by atoms with Crippen LogP contribution in [0.25, 0.3) is 0 Å². The van der Waals surface area contributed by atoms with E-state index in [0.717, 1.165) is 24.3 Å². The van der Waals surface area contributed by atoms with E-state index in [1.807, 2.05) is 34.9 Å². The first-order valence-corrected chi connectivity index (χ1v) is 14.9. The van der Waals surface area contributed by atoms with Crippen LogP contribution in [0.15, 0.2) is 53.4 Å². The number of thioether (sulfide) groups is 1. The van der Waals surface area contributed by atoms with E-state index in [9.17, 15) is 9.59 Å². The summed E-state index contributed by atoms with van der Waals surface area (Å²) in [5.41, 5.74) is 7.34. The number of benzene rings is 2. The minimum Gasteiger partial charge on any atom is -0.331 e. The zero-order valence-corrected chi connectivity index (χ0v) is 23.9. The molecule has 200 valence electrons. The fourth-order valence-electron chi connectivity index (χ4n) is 5.50. The third-order valence-corrected chi connectivity index (χ3v) is 9.28. The van der Waals surface area contributed by atoms with Crippen LogP contribution in [0.5, 0.6) is 0 Å². The van der Waals surface area contributed by atoms with E-state index in [4.69, 9.17) is 28.9 Å². The van der Waals surface area contributed by atoms with Crippen molar-refractivity contribution >= 4 is 46.7 Å². The lowest BCUT2D eigenvalue weighted by Crippen LogP contribution is -2.51. The Balaban J connectivity index is 1.50. The molecule has 2 fully saturated rings. The molecule has 37 heavy (non-hydrogen) atoms. The number of fused-ring (bicyclic) bond motifs is 1. The SMILES string of the molecule is CC(C)C[C@H](C(=O)CCc1ccc(Cl)c(Cl)c1)N1CCC(CSc2ccccc2)N2C[C@H](N)C[C@H]2C1=O. The maximum atomic E-state index is 13.9. The van der Waals surface area contributed by atoms with Crippen molar-refractivity contribution in [2.75, 3.05) is 18.8 Å². The van der Waals surface area contributed by atoms with Crippen molar-refractivity contribution < 1.29 is 9.59 Å². The van der Waals surface area contributed by atoms with Gasteiger partial charge in [-0.15, -0.1) is 11.8 Å². The number of nitrogens with two attached hydrogens (primary N) is 1. The number of hydrogen-bond acceptors (Lipinski definition) is 5. The number of nitrogens with zero attached hydrogens (tertiary/aromatic N) is 2. The number of aryl methyl sites for hydroxylation is 1. The highest BCUT2D eigenvalue weighted by atomic mass is 35.5. The number of carbonyl (C=O) groups is 2. The zero-order chi connectivity index (χ0) is 26.5. The third kappa shape index (κ3) is 7.30. The molecule has 4 atom stereocenters. The van der Waals surface area contributed by atoms with Crippen LogP contribution in [-0.4, -0.2) is 64.5 Å². The van der Waals surface area contributed by atoms with Gasteiger partial charge in [0.1, 0.15) is 0 Å². The molecule has 0 aliphatic carbocycles. The second-order valence-corrected chi connectivity index (χ2v) is 12.6. The van der Waals surface area contributed by atoms with Crippen LogP contribution in [0.2, 0.25) is 10.0 Å². The molecule has 0 radical (unpaired) electrons. The highest BCUT2D eigenvalue weighted by molar-refractivity contribution is 7.99. The molecular formula is C29H37Cl2N3O2S. The Kier molecular flexibility index (Phi) is 9.98. The van der Waals surface area contributed by atoms with E-state index >= 15 is 0 Å². The number of rotatable bonds is 10. The second-order valence-electron chi connectivity index (χ2n) is 10.7. The summed E-state index contributed by atoms with van der Waals surface area (Å²) in [6, 6.07) is 15.4. The van der Waals surface area contributed by atoms with Crippen molar-refractivity contribution in [2.45, 2.75) is 75.0 Å². The van der Waals surface area contributed by atoms with Gasteiger partial charge in [0.05, 0.1) is 22.1 Å². The predicted octanol–water partition coefficient (Wildman–Crippen LogP) is 5.70. The smallest absolute Gasteiger partial charge is 0.240 e. The van der Waals surface area contributed by atoms with E-state index in [-0.39, 0.29) is 29.8 Å². The van der Waals surface area contributed by atoms with Crippen LogP contribution in [0.1, 0.15) is 45.1 Å². The van der Waals surface area contributed by atoms with Gasteiger partial charge in [0.15, 0.2) is 5.78 Å². The maximum Gasteiger partial charge on any atom is 0.240 e. The molecule has 2 aromatic carbocycles. The first-order valence-electron chi connectivity index (χ1n) is 13.2. The molecule has 0 aromatic heterocycles. The first kappa shape index (κ1) is 28.4. The highest BCUT2D eigenvalue weighted by Gasteiger charge is 2.45. The number of halogens is 2. The number of carbonyl (C=O) groups excluding carboxylic acids is 2. The van der Waals surface area contributed by atoms with Gasteiger partial charge in [-0.1, -0.05) is 61.3 Å². The van der Waals surface area contributed by atoms with Gasteiger partial charge in [-0.2, -0.15) is 0 Å². The fourth-order valence-corrected chi connectivity index (χ4v) is 6.92. The summed E-state index contributed by atoms with van der Waals surface area (Å²) in [4.78, 5) is 33.0. The Labute approximate surface area is 235 Å². The molecule has 2 heterocycles. The topological polar surface area (TPSA) is 66.6 Å². The summed E-state index contributed by atoms with van der Waals surface area (Å²) >= 11 is 14.0. The van der Waals surface area contributed by atoms with Crippen molar-refractivity contribution in [3.8, 4) is 0 Å². The van der Waals surface area contributed by atoms with Gasteiger partial charge >= 0.3 is 0 Å². The normalized spacial score (nSPS) is 23.2. The molecule has 1 unspecified atom stereocenters. The lowest BCUT2D eigenvalue weighted by Gasteiger charge is -2.33. The number of hydrogen-bond donors (Lipinski definition) is 1. The van der Waals surface area contributed by atoms with Crippen LogP contribution >= 0.6 is 35.0 Å². The van der Waals surface area contributed by atoms with Gasteiger partial charge in [-0.25, -0.2) is 0 Å². The fraction of sp³-hybridized carbons (Fsp3) is 0.517. The quantitative estimate of drug-likeness (QED) is 0.376. The van der Waals surface area contributed by atoms with Gasteiger partial charge < -0.3 is 10.6 Å². The molecule has 8 heteroatoms. The molecule has 5 nitrogen and oxygen atoms in total. The summed E-state index contributed by atoms with van der Waals surface area (Å²) in [6.07, 6.45) is 3.08. The number of Topliss-reactive ketones (excluding diaryl/α,β-unsaturated/α-hetero) is 1. The molecule has 1 amide bonds. The summed E-state index contributed by atoms with van der Waals surface area (Å²) in [5.74, 6) is 1.36. The van der Waals surface area contributed by atoms with Crippen LogP contribution in [0, 0.1) is 5.92 Å². The Morgan fingerprint density at radius 2 is 1.89 bits per heavy atom. The lowest BCUT2D eigenvalue weighted by molar-refractivity contribution is -0.142. The summed E-state index contributed by atoms with van der Waals surface area (Å²) in [7, 11) is 0. The van der Waals surface area contributed by atoms with Crippen molar-refractivity contribution in [1.29, 1.82) is 0 Å². The molecule has 0 spiro atoms. The number of ketones is 1. The maximum absolute atomic E-state index is 13.9. The zero-order valence-electron chi connectivity index (χ0n) is 21.6. The Morgan fingerprint density at radius 1 is 1.14 bits per heavy atom. The Hall–Kier alpha value is -1.57. The predicted molar refractivity (Wildman–Crippen MR) is 153 cm³/mol. The molecule has 2 aromatic rings. The van der Waals surface area contributed by atoms with Crippen molar-refractivity contribution in [3.63, 3.8) is 0 Å². The molecule has 2 N–H and O–H groups in total. The van der Waals surface area contributed by atoms with Gasteiger partial charge in [0.2, 0.25) is 5.91 Å². The second kappa shape index (κ2) is 13.0. The van der Waals surface area contributed by atoms with Crippen molar-refractivity contribution in [1.82, 2.24) is 9.80 Å². The third-order valence-electron chi connectivity index (χ3n) is 7.38. The number of amides is 1.